The molecule has 0 unspecified atom stereocenters. The Kier molecular flexibility index (Phi) is 5.85. The summed E-state index contributed by atoms with van der Waals surface area (Å²) in [6, 6.07) is 8.51. The van der Waals surface area contributed by atoms with E-state index in [0.29, 0.717) is 16.5 Å². The van der Waals surface area contributed by atoms with Crippen molar-refractivity contribution in [3.8, 4) is 5.75 Å². The Morgan fingerprint density at radius 3 is 2.54 bits per heavy atom. The zero-order valence-electron chi connectivity index (χ0n) is 15.3. The number of hydrogen-bond donors (Lipinski definition) is 0. The maximum atomic E-state index is 12.2. The van der Waals surface area contributed by atoms with E-state index in [1.165, 1.54) is 13.2 Å². The first kappa shape index (κ1) is 19.3. The van der Waals surface area contributed by atoms with E-state index >= 15 is 0 Å². The molecule has 0 saturated heterocycles. The van der Waals surface area contributed by atoms with Gasteiger partial charge >= 0.3 is 11.9 Å². The molecule has 26 heavy (non-hydrogen) atoms. The number of hydrogen-bond acceptors (Lipinski definition) is 5. The highest BCUT2D eigenvalue weighted by atomic mass is 16.5. The van der Waals surface area contributed by atoms with Crippen molar-refractivity contribution in [2.45, 2.75) is 33.7 Å². The SMILES string of the molecule is COC(=O)c1cc(OC(=O)CC(C)(C)C)c2ccc(CN=[N+]=[N-])cc2c1. The van der Waals surface area contributed by atoms with Gasteiger partial charge in [0.05, 0.1) is 25.6 Å². The lowest BCUT2D eigenvalue weighted by molar-refractivity contribution is -0.136. The molecule has 7 nitrogen and oxygen atoms in total. The van der Waals surface area contributed by atoms with E-state index in [0.717, 1.165) is 5.56 Å². The first-order chi connectivity index (χ1) is 12.2. The summed E-state index contributed by atoms with van der Waals surface area (Å²) in [5.41, 5.74) is 9.31. The predicted octanol–water partition coefficient (Wildman–Crippen LogP) is 4.78. The monoisotopic (exact) mass is 355 g/mol. The average molecular weight is 355 g/mol. The fourth-order valence-electron chi connectivity index (χ4n) is 2.51. The van der Waals surface area contributed by atoms with Crippen molar-refractivity contribution in [1.29, 1.82) is 0 Å². The summed E-state index contributed by atoms with van der Waals surface area (Å²) < 4.78 is 10.3. The van der Waals surface area contributed by atoms with E-state index in [1.54, 1.807) is 24.3 Å². The van der Waals surface area contributed by atoms with Gasteiger partial charge in [0.1, 0.15) is 5.75 Å². The van der Waals surface area contributed by atoms with E-state index in [1.807, 2.05) is 20.8 Å². The molecule has 136 valence electrons. The molecule has 0 saturated carbocycles. The van der Waals surface area contributed by atoms with E-state index in [2.05, 4.69) is 10.0 Å². The molecule has 2 aromatic carbocycles. The Bertz CT molecular complexity index is 894. The molecule has 0 heterocycles. The molecule has 7 heteroatoms. The predicted molar refractivity (Wildman–Crippen MR) is 97.8 cm³/mol. The van der Waals surface area contributed by atoms with Crippen LogP contribution in [-0.4, -0.2) is 19.0 Å². The van der Waals surface area contributed by atoms with Crippen molar-refractivity contribution in [3.05, 3.63) is 51.9 Å². The summed E-state index contributed by atoms with van der Waals surface area (Å²) in [4.78, 5) is 26.9. The van der Waals surface area contributed by atoms with Gasteiger partial charge in [0, 0.05) is 10.3 Å². The number of fused-ring (bicyclic) bond motifs is 1. The molecule has 0 amide bonds. The largest absolute Gasteiger partial charge is 0.465 e. The highest BCUT2D eigenvalue weighted by molar-refractivity contribution is 5.99. The van der Waals surface area contributed by atoms with E-state index < -0.39 is 5.97 Å². The summed E-state index contributed by atoms with van der Waals surface area (Å²) in [7, 11) is 1.29. The van der Waals surface area contributed by atoms with Crippen molar-refractivity contribution < 1.29 is 19.1 Å². The first-order valence-electron chi connectivity index (χ1n) is 8.10. The molecule has 0 atom stereocenters. The third kappa shape index (κ3) is 4.97. The van der Waals surface area contributed by atoms with E-state index in [9.17, 15) is 9.59 Å². The quantitative estimate of drug-likeness (QED) is 0.253. The Morgan fingerprint density at radius 1 is 1.19 bits per heavy atom. The molecular formula is C19H21N3O4. The number of carbonyl (C=O) groups is 2. The van der Waals surface area contributed by atoms with Crippen LogP contribution >= 0.6 is 0 Å². The minimum atomic E-state index is -0.527. The third-order valence-electron chi connectivity index (χ3n) is 3.62. The van der Waals surface area contributed by atoms with Gasteiger partial charge in [-0.3, -0.25) is 4.79 Å². The Balaban J connectivity index is 2.50. The minimum Gasteiger partial charge on any atom is -0.465 e. The molecule has 0 radical (unpaired) electrons. The average Bonchev–Trinajstić information content (AvgIpc) is 2.57. The molecule has 2 aromatic rings. The second kappa shape index (κ2) is 7.89. The van der Waals surface area contributed by atoms with Crippen LogP contribution in [0.15, 0.2) is 35.4 Å². The Morgan fingerprint density at radius 2 is 1.92 bits per heavy atom. The van der Waals surface area contributed by atoms with Gasteiger partial charge in [-0.1, -0.05) is 44.1 Å². The number of rotatable bonds is 5. The van der Waals surface area contributed by atoms with Gasteiger partial charge in [-0.2, -0.15) is 0 Å². The second-order valence-corrected chi connectivity index (χ2v) is 7.12. The molecular weight excluding hydrogens is 334 g/mol. The summed E-state index contributed by atoms with van der Waals surface area (Å²) in [6.45, 7) is 6.02. The fourth-order valence-corrected chi connectivity index (χ4v) is 2.51. The summed E-state index contributed by atoms with van der Waals surface area (Å²) in [6.07, 6.45) is 0.242. The molecule has 0 aliphatic rings. The number of benzene rings is 2. The topological polar surface area (TPSA) is 101 Å². The van der Waals surface area contributed by atoms with Crippen LogP contribution in [0.3, 0.4) is 0 Å². The van der Waals surface area contributed by atoms with Gasteiger partial charge in [0.25, 0.3) is 0 Å². The lowest BCUT2D eigenvalue weighted by atomic mass is 9.92. The normalized spacial score (nSPS) is 10.9. The fraction of sp³-hybridized carbons (Fsp3) is 0.368. The zero-order chi connectivity index (χ0) is 19.3. The van der Waals surface area contributed by atoms with Gasteiger partial charge in [-0.15, -0.1) is 0 Å². The first-order valence-corrected chi connectivity index (χ1v) is 8.10. The zero-order valence-corrected chi connectivity index (χ0v) is 15.3. The highest BCUT2D eigenvalue weighted by Crippen LogP contribution is 2.30. The number of nitrogens with zero attached hydrogens (tertiary/aromatic N) is 3. The van der Waals surface area contributed by atoms with Gasteiger partial charge in [0.15, 0.2) is 0 Å². The minimum absolute atomic E-state index is 0.189. The van der Waals surface area contributed by atoms with Crippen molar-refractivity contribution in [2.75, 3.05) is 7.11 Å². The number of esters is 2. The van der Waals surface area contributed by atoms with Gasteiger partial charge < -0.3 is 9.47 Å². The van der Waals surface area contributed by atoms with Crippen LogP contribution < -0.4 is 4.74 Å². The number of azide groups is 1. The molecule has 0 bridgehead atoms. The number of methoxy groups -OCH3 is 1. The maximum Gasteiger partial charge on any atom is 0.338 e. The highest BCUT2D eigenvalue weighted by Gasteiger charge is 2.20. The number of ether oxygens (including phenoxy) is 2. The van der Waals surface area contributed by atoms with Crippen molar-refractivity contribution in [3.63, 3.8) is 0 Å². The maximum absolute atomic E-state index is 12.2. The third-order valence-corrected chi connectivity index (χ3v) is 3.62. The van der Waals surface area contributed by atoms with E-state index in [-0.39, 0.29) is 29.9 Å². The van der Waals surface area contributed by atoms with E-state index in [4.69, 9.17) is 15.0 Å². The van der Waals surface area contributed by atoms with Gasteiger partial charge in [0.2, 0.25) is 0 Å². The molecule has 0 N–H and O–H groups in total. The molecule has 0 aromatic heterocycles. The second-order valence-electron chi connectivity index (χ2n) is 7.12. The van der Waals surface area contributed by atoms with Crippen LogP contribution in [0.5, 0.6) is 5.75 Å². The van der Waals surface area contributed by atoms with Crippen molar-refractivity contribution in [2.24, 2.45) is 10.5 Å². The van der Waals surface area contributed by atoms with Gasteiger partial charge in [-0.25, -0.2) is 4.79 Å². The lowest BCUT2D eigenvalue weighted by Gasteiger charge is -2.17. The van der Waals surface area contributed by atoms with Crippen LogP contribution in [0, 0.1) is 5.41 Å². The molecule has 0 aliphatic carbocycles. The lowest BCUT2D eigenvalue weighted by Crippen LogP contribution is -2.18. The molecule has 0 spiro atoms. The van der Waals surface area contributed by atoms with Crippen molar-refractivity contribution >= 4 is 22.7 Å². The van der Waals surface area contributed by atoms with Crippen molar-refractivity contribution in [1.82, 2.24) is 0 Å². The van der Waals surface area contributed by atoms with Crippen LogP contribution in [0.4, 0.5) is 0 Å². The summed E-state index contributed by atoms with van der Waals surface area (Å²) in [5, 5.41) is 4.91. The molecule has 0 fully saturated rings. The Labute approximate surface area is 151 Å². The van der Waals surface area contributed by atoms with Crippen LogP contribution in [0.1, 0.15) is 43.1 Å². The summed E-state index contributed by atoms with van der Waals surface area (Å²) >= 11 is 0. The van der Waals surface area contributed by atoms with Crippen LogP contribution in [0.2, 0.25) is 0 Å². The smallest absolute Gasteiger partial charge is 0.338 e. The van der Waals surface area contributed by atoms with Crippen LogP contribution in [-0.2, 0) is 16.1 Å². The van der Waals surface area contributed by atoms with Gasteiger partial charge in [-0.05, 0) is 34.0 Å². The molecule has 2 rings (SSSR count). The standard InChI is InChI=1S/C19H21N3O4/c1-19(2,3)10-17(23)26-16-9-14(18(24)25-4)8-13-7-12(11-21-22-20)5-6-15(13)16/h5-9H,10-11H2,1-4H3. The van der Waals surface area contributed by atoms with Crippen LogP contribution in [0.25, 0.3) is 21.2 Å². The summed E-state index contributed by atoms with van der Waals surface area (Å²) in [5.74, 6) is -0.605. The number of carbonyl (C=O) groups excluding carboxylic acids is 2. The molecule has 0 aliphatic heterocycles. The Hall–Kier alpha value is -3.05.